The molecule has 0 saturated carbocycles. The van der Waals surface area contributed by atoms with E-state index in [0.29, 0.717) is 31.1 Å². The standard InChI is InChI=1S/C14H19FN2O2S/c1-10-3-4-12(15)11(9-10)14(18)17(7-8-19-2)6-5-13(16)20/h3-4,9H,5-8H2,1-2H3,(H2,16,20). The average Bonchev–Trinajstić information content (AvgIpc) is 2.40. The van der Waals surface area contributed by atoms with Gasteiger partial charge in [-0.3, -0.25) is 4.79 Å². The molecule has 1 aromatic carbocycles. The number of halogens is 1. The van der Waals surface area contributed by atoms with Crippen molar-refractivity contribution in [1.29, 1.82) is 0 Å². The molecule has 1 amide bonds. The molecule has 6 heteroatoms. The molecule has 0 aliphatic heterocycles. The topological polar surface area (TPSA) is 55.6 Å². The predicted octanol–water partition coefficient (Wildman–Crippen LogP) is 1.90. The van der Waals surface area contributed by atoms with Gasteiger partial charge in [-0.1, -0.05) is 23.8 Å². The van der Waals surface area contributed by atoms with Gasteiger partial charge < -0.3 is 15.4 Å². The van der Waals surface area contributed by atoms with Crippen LogP contribution >= 0.6 is 12.2 Å². The maximum atomic E-state index is 13.8. The van der Waals surface area contributed by atoms with Crippen molar-refractivity contribution in [3.63, 3.8) is 0 Å². The first-order chi connectivity index (χ1) is 9.45. The van der Waals surface area contributed by atoms with E-state index in [1.807, 2.05) is 6.92 Å². The Morgan fingerprint density at radius 3 is 2.75 bits per heavy atom. The minimum Gasteiger partial charge on any atom is -0.393 e. The van der Waals surface area contributed by atoms with Gasteiger partial charge in [0.15, 0.2) is 0 Å². The summed E-state index contributed by atoms with van der Waals surface area (Å²) in [6.07, 6.45) is 0.401. The number of amides is 1. The van der Waals surface area contributed by atoms with E-state index in [1.165, 1.54) is 17.0 Å². The molecular weight excluding hydrogens is 279 g/mol. The van der Waals surface area contributed by atoms with Crippen LogP contribution in [0.3, 0.4) is 0 Å². The third kappa shape index (κ3) is 4.86. The van der Waals surface area contributed by atoms with Crippen molar-refractivity contribution in [2.75, 3.05) is 26.8 Å². The summed E-state index contributed by atoms with van der Waals surface area (Å²) in [5.41, 5.74) is 6.34. The Hall–Kier alpha value is -1.53. The summed E-state index contributed by atoms with van der Waals surface area (Å²) in [5, 5.41) is 0. The van der Waals surface area contributed by atoms with Gasteiger partial charge in [0.2, 0.25) is 0 Å². The molecule has 4 nitrogen and oxygen atoms in total. The van der Waals surface area contributed by atoms with Gasteiger partial charge >= 0.3 is 0 Å². The number of nitrogens with two attached hydrogens (primary N) is 1. The Morgan fingerprint density at radius 2 is 2.15 bits per heavy atom. The summed E-state index contributed by atoms with van der Waals surface area (Å²) in [6, 6.07) is 4.46. The summed E-state index contributed by atoms with van der Waals surface area (Å²) in [6.45, 7) is 2.90. The van der Waals surface area contributed by atoms with Gasteiger partial charge in [0.25, 0.3) is 5.91 Å². The Balaban J connectivity index is 2.90. The number of ether oxygens (including phenoxy) is 1. The molecule has 1 rings (SSSR count). The molecular formula is C14H19FN2O2S. The molecule has 0 spiro atoms. The predicted molar refractivity (Wildman–Crippen MR) is 80.3 cm³/mol. The zero-order chi connectivity index (χ0) is 15.1. The number of methoxy groups -OCH3 is 1. The molecule has 0 heterocycles. The monoisotopic (exact) mass is 298 g/mol. The van der Waals surface area contributed by atoms with Gasteiger partial charge in [0.05, 0.1) is 17.2 Å². The van der Waals surface area contributed by atoms with Crippen LogP contribution < -0.4 is 5.73 Å². The van der Waals surface area contributed by atoms with Gasteiger partial charge in [0.1, 0.15) is 5.82 Å². The molecule has 0 atom stereocenters. The maximum Gasteiger partial charge on any atom is 0.256 e. The van der Waals surface area contributed by atoms with Crippen LogP contribution in [0.5, 0.6) is 0 Å². The van der Waals surface area contributed by atoms with Crippen molar-refractivity contribution in [1.82, 2.24) is 4.90 Å². The molecule has 20 heavy (non-hydrogen) atoms. The molecule has 0 fully saturated rings. The number of thiocarbonyl (C=S) groups is 1. The molecule has 0 saturated heterocycles. The van der Waals surface area contributed by atoms with E-state index in [9.17, 15) is 9.18 Å². The number of carbonyl (C=O) groups excluding carboxylic acids is 1. The summed E-state index contributed by atoms with van der Waals surface area (Å²) in [7, 11) is 1.55. The number of hydrogen-bond acceptors (Lipinski definition) is 3. The third-order valence-electron chi connectivity index (χ3n) is 2.83. The van der Waals surface area contributed by atoms with E-state index in [0.717, 1.165) is 5.56 Å². The zero-order valence-corrected chi connectivity index (χ0v) is 12.5. The highest BCUT2D eigenvalue weighted by molar-refractivity contribution is 7.80. The second-order valence-corrected chi connectivity index (χ2v) is 5.01. The minimum atomic E-state index is -0.529. The Kier molecular flexibility index (Phi) is 6.54. The Labute approximate surface area is 123 Å². The van der Waals surface area contributed by atoms with Crippen LogP contribution in [0, 0.1) is 12.7 Å². The zero-order valence-electron chi connectivity index (χ0n) is 11.7. The normalized spacial score (nSPS) is 10.3. The van der Waals surface area contributed by atoms with Crippen molar-refractivity contribution in [2.45, 2.75) is 13.3 Å². The summed E-state index contributed by atoms with van der Waals surface area (Å²) < 4.78 is 18.7. The smallest absolute Gasteiger partial charge is 0.256 e. The van der Waals surface area contributed by atoms with Crippen LogP contribution in [0.4, 0.5) is 4.39 Å². The first-order valence-corrected chi connectivity index (χ1v) is 6.69. The first kappa shape index (κ1) is 16.5. The summed E-state index contributed by atoms with van der Waals surface area (Å²) in [4.78, 5) is 14.2. The SMILES string of the molecule is COCCN(CCC(N)=S)C(=O)c1cc(C)ccc1F. The lowest BCUT2D eigenvalue weighted by atomic mass is 10.1. The number of rotatable bonds is 7. The lowest BCUT2D eigenvalue weighted by molar-refractivity contribution is 0.0696. The molecule has 0 bridgehead atoms. The van der Waals surface area contributed by atoms with E-state index in [-0.39, 0.29) is 11.5 Å². The fourth-order valence-electron chi connectivity index (χ4n) is 1.73. The molecule has 0 unspecified atom stereocenters. The highest BCUT2D eigenvalue weighted by atomic mass is 32.1. The summed E-state index contributed by atoms with van der Waals surface area (Å²) in [5.74, 6) is -0.905. The number of nitrogens with zero attached hydrogens (tertiary/aromatic N) is 1. The van der Waals surface area contributed by atoms with Crippen LogP contribution in [0.1, 0.15) is 22.3 Å². The van der Waals surface area contributed by atoms with Gasteiger partial charge in [-0.15, -0.1) is 0 Å². The lowest BCUT2D eigenvalue weighted by Crippen LogP contribution is -2.36. The second-order valence-electron chi connectivity index (χ2n) is 4.48. The number of benzene rings is 1. The number of aryl methyl sites for hydroxylation is 1. The van der Waals surface area contributed by atoms with Gasteiger partial charge in [0, 0.05) is 26.6 Å². The first-order valence-electron chi connectivity index (χ1n) is 6.28. The maximum absolute atomic E-state index is 13.8. The fraction of sp³-hybridized carbons (Fsp3) is 0.429. The van der Waals surface area contributed by atoms with Crippen LogP contribution in [0.25, 0.3) is 0 Å². The Morgan fingerprint density at radius 1 is 1.45 bits per heavy atom. The molecule has 0 aliphatic carbocycles. The molecule has 110 valence electrons. The van der Waals surface area contributed by atoms with Crippen LogP contribution in [0.2, 0.25) is 0 Å². The molecule has 2 N–H and O–H groups in total. The van der Waals surface area contributed by atoms with E-state index >= 15 is 0 Å². The lowest BCUT2D eigenvalue weighted by Gasteiger charge is -2.22. The van der Waals surface area contributed by atoms with Crippen LogP contribution in [0.15, 0.2) is 18.2 Å². The fourth-order valence-corrected chi connectivity index (χ4v) is 1.83. The second kappa shape index (κ2) is 7.91. The van der Waals surface area contributed by atoms with Gasteiger partial charge in [-0.05, 0) is 19.1 Å². The van der Waals surface area contributed by atoms with Crippen LogP contribution in [-0.4, -0.2) is 42.6 Å². The molecule has 0 radical (unpaired) electrons. The minimum absolute atomic E-state index is 0.0593. The van der Waals surface area contributed by atoms with Crippen LogP contribution in [-0.2, 0) is 4.74 Å². The Bertz CT molecular complexity index is 494. The quantitative estimate of drug-likeness (QED) is 0.781. The molecule has 1 aromatic rings. The summed E-state index contributed by atoms with van der Waals surface area (Å²) >= 11 is 4.81. The van der Waals surface area contributed by atoms with Crippen molar-refractivity contribution >= 4 is 23.1 Å². The number of carbonyl (C=O) groups is 1. The van der Waals surface area contributed by atoms with Crippen molar-refractivity contribution in [2.24, 2.45) is 5.73 Å². The van der Waals surface area contributed by atoms with E-state index < -0.39 is 5.82 Å². The largest absolute Gasteiger partial charge is 0.393 e. The van der Waals surface area contributed by atoms with Gasteiger partial charge in [-0.25, -0.2) is 4.39 Å². The molecule has 0 aromatic heterocycles. The van der Waals surface area contributed by atoms with E-state index in [2.05, 4.69) is 0 Å². The van der Waals surface area contributed by atoms with Crippen molar-refractivity contribution in [3.8, 4) is 0 Å². The number of hydrogen-bond donors (Lipinski definition) is 1. The van der Waals surface area contributed by atoms with Crippen molar-refractivity contribution < 1.29 is 13.9 Å². The van der Waals surface area contributed by atoms with Gasteiger partial charge in [-0.2, -0.15) is 0 Å². The highest BCUT2D eigenvalue weighted by Gasteiger charge is 2.19. The van der Waals surface area contributed by atoms with E-state index in [4.69, 9.17) is 22.7 Å². The molecule has 0 aliphatic rings. The van der Waals surface area contributed by atoms with Crippen molar-refractivity contribution in [3.05, 3.63) is 35.1 Å². The average molecular weight is 298 g/mol. The third-order valence-corrected chi connectivity index (χ3v) is 3.04. The highest BCUT2D eigenvalue weighted by Crippen LogP contribution is 2.13. The van der Waals surface area contributed by atoms with E-state index in [1.54, 1.807) is 13.2 Å².